The van der Waals surface area contributed by atoms with E-state index in [9.17, 15) is 4.79 Å². The summed E-state index contributed by atoms with van der Waals surface area (Å²) in [4.78, 5) is 23.2. The average Bonchev–Trinajstić information content (AvgIpc) is 3.23. The summed E-state index contributed by atoms with van der Waals surface area (Å²) in [5.41, 5.74) is 0. The highest BCUT2D eigenvalue weighted by Crippen LogP contribution is 2.25. The van der Waals surface area contributed by atoms with E-state index in [2.05, 4.69) is 15.3 Å². The molecule has 1 N–H and O–H groups in total. The van der Waals surface area contributed by atoms with Gasteiger partial charge in [0.2, 0.25) is 11.8 Å². The van der Waals surface area contributed by atoms with Crippen LogP contribution < -0.4 is 15.0 Å². The Morgan fingerprint density at radius 3 is 3.12 bits per heavy atom. The number of hydrogen-bond acceptors (Lipinski definition) is 6. The van der Waals surface area contributed by atoms with Gasteiger partial charge >= 0.3 is 0 Å². The van der Waals surface area contributed by atoms with Gasteiger partial charge in [0.25, 0.3) is 0 Å². The fourth-order valence-corrected chi connectivity index (χ4v) is 2.79. The number of nitrogens with one attached hydrogen (secondary N) is 1. The molecule has 0 radical (unpaired) electrons. The molecular weight excluding hydrogens is 308 g/mol. The van der Waals surface area contributed by atoms with Gasteiger partial charge in [0.05, 0.1) is 31.3 Å². The highest BCUT2D eigenvalue weighted by molar-refractivity contribution is 5.85. The van der Waals surface area contributed by atoms with Crippen LogP contribution in [0.5, 0.6) is 5.88 Å². The van der Waals surface area contributed by atoms with Crippen LogP contribution in [0.2, 0.25) is 0 Å². The number of aromatic nitrogens is 2. The first-order valence-corrected chi connectivity index (χ1v) is 8.19. The van der Waals surface area contributed by atoms with Crippen molar-refractivity contribution in [3.8, 4) is 5.88 Å². The maximum atomic E-state index is 12.5. The van der Waals surface area contributed by atoms with Gasteiger partial charge in [-0.15, -0.1) is 0 Å². The molecule has 1 aliphatic rings. The van der Waals surface area contributed by atoms with Gasteiger partial charge in [-0.05, 0) is 38.8 Å². The third kappa shape index (κ3) is 3.84. The molecule has 0 aromatic carbocycles. The number of furan rings is 1. The van der Waals surface area contributed by atoms with Crippen molar-refractivity contribution < 1.29 is 13.9 Å². The molecule has 2 aromatic rings. The monoisotopic (exact) mass is 330 g/mol. The minimum absolute atomic E-state index is 0.0270. The van der Waals surface area contributed by atoms with E-state index in [-0.39, 0.29) is 18.1 Å². The molecule has 7 heteroatoms. The molecule has 7 nitrogen and oxygen atoms in total. The van der Waals surface area contributed by atoms with Crippen LogP contribution in [0.4, 0.5) is 5.82 Å². The quantitative estimate of drug-likeness (QED) is 0.874. The number of amides is 1. The Bertz CT molecular complexity index is 672. The topological polar surface area (TPSA) is 80.5 Å². The molecule has 0 spiro atoms. The van der Waals surface area contributed by atoms with Gasteiger partial charge in [0.1, 0.15) is 11.8 Å². The van der Waals surface area contributed by atoms with Crippen molar-refractivity contribution in [2.45, 2.75) is 45.4 Å². The van der Waals surface area contributed by atoms with E-state index in [1.807, 2.05) is 24.8 Å². The Balaban J connectivity index is 1.67. The minimum Gasteiger partial charge on any atom is -0.474 e. The van der Waals surface area contributed by atoms with Crippen molar-refractivity contribution in [3.05, 3.63) is 36.5 Å². The molecule has 0 unspecified atom stereocenters. The number of ether oxygens (including phenoxy) is 1. The maximum Gasteiger partial charge on any atom is 0.243 e. The predicted octanol–water partition coefficient (Wildman–Crippen LogP) is 2.14. The van der Waals surface area contributed by atoms with Crippen LogP contribution >= 0.6 is 0 Å². The lowest BCUT2D eigenvalue weighted by molar-refractivity contribution is -0.122. The molecule has 3 rings (SSSR count). The summed E-state index contributed by atoms with van der Waals surface area (Å²) in [6, 6.07) is 3.40. The van der Waals surface area contributed by atoms with Crippen LogP contribution in [0.3, 0.4) is 0 Å². The molecule has 1 aliphatic heterocycles. The Kier molecular flexibility index (Phi) is 4.98. The van der Waals surface area contributed by atoms with Gasteiger partial charge in [-0.25, -0.2) is 0 Å². The maximum absolute atomic E-state index is 12.5. The number of nitrogens with zero attached hydrogens (tertiary/aromatic N) is 3. The third-order valence-corrected chi connectivity index (χ3v) is 3.82. The fraction of sp³-hybridized carbons (Fsp3) is 0.471. The second-order valence-corrected chi connectivity index (χ2v) is 6.03. The molecular formula is C17H22N4O3. The standard InChI is InChI=1S/C17H22N4O3/c1-12(2)24-16-11-18-10-15(20-16)21-7-3-6-14(21)17(22)19-9-13-5-4-8-23-13/h4-5,8,10-12,14H,3,6-7,9H2,1-2H3,(H,19,22)/t14-/m0/s1. The number of anilines is 1. The zero-order valence-corrected chi connectivity index (χ0v) is 13.9. The molecule has 24 heavy (non-hydrogen) atoms. The predicted molar refractivity (Wildman–Crippen MR) is 88.7 cm³/mol. The molecule has 1 saturated heterocycles. The van der Waals surface area contributed by atoms with Gasteiger partial charge in [0.15, 0.2) is 5.82 Å². The van der Waals surface area contributed by atoms with E-state index in [1.165, 1.54) is 0 Å². The molecule has 0 aliphatic carbocycles. The van der Waals surface area contributed by atoms with E-state index >= 15 is 0 Å². The van der Waals surface area contributed by atoms with Crippen molar-refractivity contribution in [1.82, 2.24) is 15.3 Å². The normalized spacial score (nSPS) is 17.3. The van der Waals surface area contributed by atoms with Gasteiger partial charge < -0.3 is 19.4 Å². The second kappa shape index (κ2) is 7.33. The second-order valence-electron chi connectivity index (χ2n) is 6.03. The van der Waals surface area contributed by atoms with Crippen LogP contribution in [0.25, 0.3) is 0 Å². The van der Waals surface area contributed by atoms with Crippen LogP contribution in [-0.4, -0.2) is 34.6 Å². The lowest BCUT2D eigenvalue weighted by Crippen LogP contribution is -2.43. The van der Waals surface area contributed by atoms with Crippen molar-refractivity contribution in [3.63, 3.8) is 0 Å². The number of carbonyl (C=O) groups is 1. The van der Waals surface area contributed by atoms with Crippen molar-refractivity contribution in [2.24, 2.45) is 0 Å². The first-order valence-electron chi connectivity index (χ1n) is 8.19. The summed E-state index contributed by atoms with van der Waals surface area (Å²) >= 11 is 0. The molecule has 0 saturated carbocycles. The molecule has 3 heterocycles. The van der Waals surface area contributed by atoms with Gasteiger partial charge in [-0.1, -0.05) is 0 Å². The number of hydrogen-bond donors (Lipinski definition) is 1. The highest BCUT2D eigenvalue weighted by Gasteiger charge is 2.32. The summed E-state index contributed by atoms with van der Waals surface area (Å²) in [7, 11) is 0. The lowest BCUT2D eigenvalue weighted by atomic mass is 10.2. The van der Waals surface area contributed by atoms with Crippen LogP contribution in [0.15, 0.2) is 35.2 Å². The van der Waals surface area contributed by atoms with Gasteiger partial charge in [0, 0.05) is 6.54 Å². The number of rotatable bonds is 6. The first-order chi connectivity index (χ1) is 11.6. The van der Waals surface area contributed by atoms with E-state index < -0.39 is 0 Å². The summed E-state index contributed by atoms with van der Waals surface area (Å²) in [5.74, 6) is 1.86. The highest BCUT2D eigenvalue weighted by atomic mass is 16.5. The first kappa shape index (κ1) is 16.3. The summed E-state index contributed by atoms with van der Waals surface area (Å²) in [6.45, 7) is 5.04. The molecule has 2 aromatic heterocycles. The summed E-state index contributed by atoms with van der Waals surface area (Å²) in [6.07, 6.45) is 6.62. The average molecular weight is 330 g/mol. The smallest absolute Gasteiger partial charge is 0.243 e. The third-order valence-electron chi connectivity index (χ3n) is 3.82. The van der Waals surface area contributed by atoms with Crippen LogP contribution in [0, 0.1) is 0 Å². The van der Waals surface area contributed by atoms with E-state index in [4.69, 9.17) is 9.15 Å². The van der Waals surface area contributed by atoms with E-state index in [0.29, 0.717) is 18.2 Å². The molecule has 128 valence electrons. The Labute approximate surface area is 141 Å². The van der Waals surface area contributed by atoms with Gasteiger partial charge in [-0.2, -0.15) is 4.98 Å². The Hall–Kier alpha value is -2.57. The molecule has 1 atom stereocenters. The Morgan fingerprint density at radius 2 is 2.38 bits per heavy atom. The SMILES string of the molecule is CC(C)Oc1cncc(N2CCC[C@H]2C(=O)NCc2ccco2)n1. The van der Waals surface area contributed by atoms with Crippen molar-refractivity contribution >= 4 is 11.7 Å². The number of carbonyl (C=O) groups excluding carboxylic acids is 1. The summed E-state index contributed by atoms with van der Waals surface area (Å²) < 4.78 is 10.8. The van der Waals surface area contributed by atoms with Crippen molar-refractivity contribution in [2.75, 3.05) is 11.4 Å². The van der Waals surface area contributed by atoms with Crippen molar-refractivity contribution in [1.29, 1.82) is 0 Å². The van der Waals surface area contributed by atoms with Crippen LogP contribution in [-0.2, 0) is 11.3 Å². The van der Waals surface area contributed by atoms with Crippen LogP contribution in [0.1, 0.15) is 32.4 Å². The van der Waals surface area contributed by atoms with Gasteiger partial charge in [-0.3, -0.25) is 9.78 Å². The molecule has 1 amide bonds. The van der Waals surface area contributed by atoms with E-state index in [0.717, 1.165) is 25.1 Å². The fourth-order valence-electron chi connectivity index (χ4n) is 2.79. The zero-order valence-electron chi connectivity index (χ0n) is 13.9. The summed E-state index contributed by atoms with van der Waals surface area (Å²) in [5, 5.41) is 2.92. The lowest BCUT2D eigenvalue weighted by Gasteiger charge is -2.24. The molecule has 0 bridgehead atoms. The zero-order chi connectivity index (χ0) is 16.9. The molecule has 1 fully saturated rings. The largest absolute Gasteiger partial charge is 0.474 e. The Morgan fingerprint density at radius 1 is 1.50 bits per heavy atom. The minimum atomic E-state index is -0.247. The van der Waals surface area contributed by atoms with E-state index in [1.54, 1.807) is 24.7 Å².